The Kier molecular flexibility index (Phi) is 4.62. The summed E-state index contributed by atoms with van der Waals surface area (Å²) in [4.78, 5) is 29.3. The Morgan fingerprint density at radius 2 is 1.96 bits per heavy atom. The number of benzene rings is 1. The number of nitrogens with one attached hydrogen (secondary N) is 1. The van der Waals surface area contributed by atoms with E-state index in [1.54, 1.807) is 24.3 Å². The van der Waals surface area contributed by atoms with Crippen LogP contribution in [-0.2, 0) is 6.54 Å². The number of aromatic hydroxyl groups is 2. The second-order valence-corrected chi connectivity index (χ2v) is 6.40. The molecule has 26 heavy (non-hydrogen) atoms. The molecule has 3 rings (SSSR count). The van der Waals surface area contributed by atoms with Gasteiger partial charge in [-0.2, -0.15) is 0 Å². The van der Waals surface area contributed by atoms with Crippen molar-refractivity contribution >= 4 is 22.5 Å². The number of hydrogen-bond donors (Lipinski definition) is 3. The third-order valence-corrected chi connectivity index (χ3v) is 3.97. The summed E-state index contributed by atoms with van der Waals surface area (Å²) >= 11 is 0. The zero-order chi connectivity index (χ0) is 18.8. The van der Waals surface area contributed by atoms with Gasteiger partial charge in [0.15, 0.2) is 5.75 Å². The molecule has 0 unspecified atom stereocenters. The van der Waals surface area contributed by atoms with E-state index in [1.165, 1.54) is 23.0 Å². The van der Waals surface area contributed by atoms with Gasteiger partial charge in [0.2, 0.25) is 0 Å². The summed E-state index contributed by atoms with van der Waals surface area (Å²) in [7, 11) is 0. The predicted octanol–water partition coefficient (Wildman–Crippen LogP) is 2.72. The minimum atomic E-state index is -0.794. The van der Waals surface area contributed by atoms with Crippen molar-refractivity contribution in [3.8, 4) is 11.5 Å². The maximum absolute atomic E-state index is 12.9. The number of carbonyl (C=O) groups excluding carboxylic acids is 1. The van der Waals surface area contributed by atoms with E-state index in [0.717, 1.165) is 0 Å². The molecule has 0 radical (unpaired) electrons. The van der Waals surface area contributed by atoms with Gasteiger partial charge in [-0.3, -0.25) is 14.6 Å². The van der Waals surface area contributed by atoms with Gasteiger partial charge in [-0.15, -0.1) is 0 Å². The Bertz CT molecular complexity index is 1040. The van der Waals surface area contributed by atoms with Gasteiger partial charge in [-0.1, -0.05) is 26.0 Å². The molecule has 0 saturated heterocycles. The highest BCUT2D eigenvalue weighted by molar-refractivity contribution is 6.09. The van der Waals surface area contributed by atoms with Gasteiger partial charge >= 0.3 is 0 Å². The molecule has 7 nitrogen and oxygen atoms in total. The first kappa shape index (κ1) is 17.5. The van der Waals surface area contributed by atoms with E-state index in [0.29, 0.717) is 17.4 Å². The van der Waals surface area contributed by atoms with Crippen LogP contribution in [0, 0.1) is 5.92 Å². The van der Waals surface area contributed by atoms with Gasteiger partial charge < -0.3 is 20.1 Å². The highest BCUT2D eigenvalue weighted by Crippen LogP contribution is 2.28. The van der Waals surface area contributed by atoms with Crippen molar-refractivity contribution in [1.82, 2.24) is 9.55 Å². The number of carbonyl (C=O) groups is 1. The van der Waals surface area contributed by atoms with Crippen LogP contribution >= 0.6 is 0 Å². The first-order valence-corrected chi connectivity index (χ1v) is 8.19. The van der Waals surface area contributed by atoms with Gasteiger partial charge in [-0.25, -0.2) is 0 Å². The molecule has 0 bridgehead atoms. The quantitative estimate of drug-likeness (QED) is 0.669. The summed E-state index contributed by atoms with van der Waals surface area (Å²) in [6.07, 6.45) is 2.57. The van der Waals surface area contributed by atoms with E-state index in [4.69, 9.17) is 0 Å². The highest BCUT2D eigenvalue weighted by atomic mass is 16.3. The third kappa shape index (κ3) is 3.11. The number of anilines is 1. The van der Waals surface area contributed by atoms with Crippen molar-refractivity contribution in [2.75, 3.05) is 5.32 Å². The molecule has 1 aromatic carbocycles. The average molecular weight is 353 g/mol. The average Bonchev–Trinajstić information content (AvgIpc) is 2.60. The lowest BCUT2D eigenvalue weighted by molar-refractivity contribution is 0.102. The van der Waals surface area contributed by atoms with Crippen LogP contribution < -0.4 is 10.9 Å². The zero-order valence-electron chi connectivity index (χ0n) is 14.4. The van der Waals surface area contributed by atoms with Crippen molar-refractivity contribution in [2.24, 2.45) is 5.92 Å². The molecule has 2 heterocycles. The fourth-order valence-electron chi connectivity index (χ4n) is 2.82. The van der Waals surface area contributed by atoms with Crippen molar-refractivity contribution in [2.45, 2.75) is 20.4 Å². The maximum atomic E-state index is 12.9. The lowest BCUT2D eigenvalue weighted by Gasteiger charge is -2.16. The van der Waals surface area contributed by atoms with E-state index in [-0.39, 0.29) is 28.7 Å². The monoisotopic (exact) mass is 353 g/mol. The number of rotatable bonds is 4. The van der Waals surface area contributed by atoms with E-state index < -0.39 is 11.5 Å². The molecule has 3 N–H and O–H groups in total. The van der Waals surface area contributed by atoms with Crippen molar-refractivity contribution in [1.29, 1.82) is 0 Å². The molecule has 0 aliphatic rings. The van der Waals surface area contributed by atoms with Crippen molar-refractivity contribution in [3.05, 3.63) is 58.6 Å². The van der Waals surface area contributed by atoms with E-state index in [9.17, 15) is 19.8 Å². The number of para-hydroxylation sites is 1. The van der Waals surface area contributed by atoms with Crippen LogP contribution in [-0.4, -0.2) is 25.7 Å². The fourth-order valence-corrected chi connectivity index (χ4v) is 2.82. The van der Waals surface area contributed by atoms with Crippen LogP contribution in [0.2, 0.25) is 0 Å². The summed E-state index contributed by atoms with van der Waals surface area (Å²) < 4.78 is 1.49. The number of aromatic nitrogens is 2. The molecular weight excluding hydrogens is 334 g/mol. The van der Waals surface area contributed by atoms with Crippen LogP contribution in [0.3, 0.4) is 0 Å². The van der Waals surface area contributed by atoms with Crippen LogP contribution in [0.5, 0.6) is 11.5 Å². The van der Waals surface area contributed by atoms with E-state index >= 15 is 0 Å². The van der Waals surface area contributed by atoms with Crippen LogP contribution in [0.15, 0.2) is 47.5 Å². The van der Waals surface area contributed by atoms with Gasteiger partial charge in [0.05, 0.1) is 17.4 Å². The molecule has 0 saturated carbocycles. The highest BCUT2D eigenvalue weighted by Gasteiger charge is 2.23. The Labute approximate surface area is 149 Å². The molecular formula is C19H19N3O4. The molecule has 2 aromatic heterocycles. The van der Waals surface area contributed by atoms with E-state index in [2.05, 4.69) is 10.3 Å². The van der Waals surface area contributed by atoms with Gasteiger partial charge in [0.1, 0.15) is 11.3 Å². The van der Waals surface area contributed by atoms with Gasteiger partial charge in [0.25, 0.3) is 11.5 Å². The first-order valence-electron chi connectivity index (χ1n) is 8.19. The summed E-state index contributed by atoms with van der Waals surface area (Å²) in [5.41, 5.74) is -0.277. The molecule has 0 spiro atoms. The molecule has 0 fully saturated rings. The van der Waals surface area contributed by atoms with Gasteiger partial charge in [0, 0.05) is 18.1 Å². The fraction of sp³-hybridized carbons (Fsp3) is 0.211. The summed E-state index contributed by atoms with van der Waals surface area (Å²) in [5, 5.41) is 23.2. The molecule has 3 aromatic rings. The van der Waals surface area contributed by atoms with Crippen LogP contribution in [0.25, 0.3) is 10.9 Å². The molecule has 0 aliphatic heterocycles. The minimum Gasteiger partial charge on any atom is -0.506 e. The third-order valence-electron chi connectivity index (χ3n) is 3.97. The minimum absolute atomic E-state index is 0.104. The Morgan fingerprint density at radius 1 is 1.23 bits per heavy atom. The standard InChI is InChI=1S/C19H19N3O4/c1-11(2)10-22-14-6-4-3-5-12(14)17(24)16(19(22)26)18(25)21-13-7-8-20-9-15(13)23/h3-9,11,23-24H,10H2,1-2H3,(H,20,21,25). The molecule has 0 atom stereocenters. The summed E-state index contributed by atoms with van der Waals surface area (Å²) in [5.74, 6) is -1.24. The summed E-state index contributed by atoms with van der Waals surface area (Å²) in [6.45, 7) is 4.33. The van der Waals surface area contributed by atoms with Crippen LogP contribution in [0.4, 0.5) is 5.69 Å². The Balaban J connectivity index is 2.18. The number of hydrogen-bond acceptors (Lipinski definition) is 5. The topological polar surface area (TPSA) is 104 Å². The molecule has 0 aliphatic carbocycles. The zero-order valence-corrected chi connectivity index (χ0v) is 14.4. The Hall–Kier alpha value is -3.35. The van der Waals surface area contributed by atoms with Crippen molar-refractivity contribution in [3.63, 3.8) is 0 Å². The first-order chi connectivity index (χ1) is 12.4. The number of nitrogens with zero attached hydrogens (tertiary/aromatic N) is 2. The summed E-state index contributed by atoms with van der Waals surface area (Å²) in [6, 6.07) is 8.28. The van der Waals surface area contributed by atoms with Gasteiger partial charge in [-0.05, 0) is 24.1 Å². The lowest BCUT2D eigenvalue weighted by atomic mass is 10.1. The second-order valence-electron chi connectivity index (χ2n) is 6.40. The molecule has 7 heteroatoms. The largest absolute Gasteiger partial charge is 0.506 e. The van der Waals surface area contributed by atoms with Crippen LogP contribution in [0.1, 0.15) is 24.2 Å². The smallest absolute Gasteiger partial charge is 0.267 e. The van der Waals surface area contributed by atoms with Crippen molar-refractivity contribution < 1.29 is 15.0 Å². The Morgan fingerprint density at radius 3 is 2.65 bits per heavy atom. The number of fused-ring (bicyclic) bond motifs is 1. The lowest BCUT2D eigenvalue weighted by Crippen LogP contribution is -2.31. The number of amides is 1. The normalized spacial score (nSPS) is 11.0. The molecule has 1 amide bonds. The molecule has 134 valence electrons. The maximum Gasteiger partial charge on any atom is 0.267 e. The SMILES string of the molecule is CC(C)Cn1c(=O)c(C(=O)Nc2ccncc2O)c(O)c2ccccc21. The number of pyridine rings is 2. The second kappa shape index (κ2) is 6.87. The predicted molar refractivity (Wildman–Crippen MR) is 98.6 cm³/mol. The van der Waals surface area contributed by atoms with E-state index in [1.807, 2.05) is 13.8 Å².